The summed E-state index contributed by atoms with van der Waals surface area (Å²) in [6.07, 6.45) is 3.62. The molecule has 1 N–H and O–H groups in total. The smallest absolute Gasteiger partial charge is 0.126 e. The van der Waals surface area contributed by atoms with E-state index in [1.54, 1.807) is 0 Å². The highest BCUT2D eigenvalue weighted by molar-refractivity contribution is 5.43. The summed E-state index contributed by atoms with van der Waals surface area (Å²) < 4.78 is 11.5. The summed E-state index contributed by atoms with van der Waals surface area (Å²) in [7, 11) is 0. The Bertz CT molecular complexity index is 417. The van der Waals surface area contributed by atoms with Crippen LogP contribution in [0.1, 0.15) is 50.3 Å². The normalized spacial score (nSPS) is 18.5. The largest absolute Gasteiger partial charge is 0.493 e. The standard InChI is InChI=1S/C17H27NO2/c1-13(2)19-12-6-10-18-16-9-5-11-20-17-14(3)7-4-8-15(16)17/h4,7-8,13,16,18H,5-6,9-12H2,1-3H3. The second-order valence-electron chi connectivity index (χ2n) is 5.76. The molecule has 0 radical (unpaired) electrons. The van der Waals surface area contributed by atoms with Crippen LogP contribution in [0.15, 0.2) is 18.2 Å². The van der Waals surface area contributed by atoms with Crippen molar-refractivity contribution in [1.29, 1.82) is 0 Å². The average molecular weight is 277 g/mol. The number of fused-ring (bicyclic) bond motifs is 1. The van der Waals surface area contributed by atoms with Gasteiger partial charge in [-0.1, -0.05) is 18.2 Å². The lowest BCUT2D eigenvalue weighted by atomic mass is 10.00. The third-order valence-electron chi connectivity index (χ3n) is 3.66. The first kappa shape index (κ1) is 15.3. The molecule has 0 bridgehead atoms. The molecule has 0 fully saturated rings. The molecule has 1 heterocycles. The summed E-state index contributed by atoms with van der Waals surface area (Å²) in [4.78, 5) is 0. The number of rotatable bonds is 6. The van der Waals surface area contributed by atoms with Crippen molar-refractivity contribution in [3.05, 3.63) is 29.3 Å². The Kier molecular flexibility index (Phi) is 5.86. The lowest BCUT2D eigenvalue weighted by molar-refractivity contribution is 0.0766. The molecule has 0 saturated carbocycles. The fraction of sp³-hybridized carbons (Fsp3) is 0.647. The van der Waals surface area contributed by atoms with Gasteiger partial charge in [-0.05, 0) is 52.1 Å². The number of para-hydroxylation sites is 1. The van der Waals surface area contributed by atoms with Gasteiger partial charge in [-0.25, -0.2) is 0 Å². The third-order valence-corrected chi connectivity index (χ3v) is 3.66. The van der Waals surface area contributed by atoms with Crippen LogP contribution >= 0.6 is 0 Å². The lowest BCUT2D eigenvalue weighted by Gasteiger charge is -2.19. The highest BCUT2D eigenvalue weighted by atomic mass is 16.5. The van der Waals surface area contributed by atoms with Gasteiger partial charge in [0.25, 0.3) is 0 Å². The molecule has 0 aromatic heterocycles. The summed E-state index contributed by atoms with van der Waals surface area (Å²) in [5.41, 5.74) is 2.55. The van der Waals surface area contributed by atoms with E-state index < -0.39 is 0 Å². The predicted molar refractivity (Wildman–Crippen MR) is 82.4 cm³/mol. The van der Waals surface area contributed by atoms with Gasteiger partial charge in [-0.15, -0.1) is 0 Å². The van der Waals surface area contributed by atoms with Crippen molar-refractivity contribution < 1.29 is 9.47 Å². The van der Waals surface area contributed by atoms with Crippen LogP contribution in [0, 0.1) is 6.92 Å². The van der Waals surface area contributed by atoms with Crippen LogP contribution in [-0.2, 0) is 4.74 Å². The molecule has 0 spiro atoms. The second kappa shape index (κ2) is 7.65. The zero-order chi connectivity index (χ0) is 14.4. The molecule has 0 amide bonds. The minimum absolute atomic E-state index is 0.324. The van der Waals surface area contributed by atoms with Crippen LogP contribution in [0.3, 0.4) is 0 Å². The summed E-state index contributed by atoms with van der Waals surface area (Å²) in [5, 5.41) is 3.66. The molecule has 1 atom stereocenters. The van der Waals surface area contributed by atoms with E-state index >= 15 is 0 Å². The van der Waals surface area contributed by atoms with Crippen LogP contribution in [0.2, 0.25) is 0 Å². The molecule has 1 aliphatic rings. The van der Waals surface area contributed by atoms with Crippen LogP contribution in [0.4, 0.5) is 0 Å². The molecular formula is C17H27NO2. The molecule has 1 aromatic rings. The van der Waals surface area contributed by atoms with Crippen LogP contribution in [0.25, 0.3) is 0 Å². The number of hydrogen-bond donors (Lipinski definition) is 1. The molecule has 0 aliphatic carbocycles. The topological polar surface area (TPSA) is 30.5 Å². The maximum absolute atomic E-state index is 5.90. The Morgan fingerprint density at radius 1 is 1.40 bits per heavy atom. The van der Waals surface area contributed by atoms with E-state index in [0.717, 1.165) is 44.8 Å². The van der Waals surface area contributed by atoms with Gasteiger partial charge < -0.3 is 14.8 Å². The third kappa shape index (κ3) is 4.22. The van der Waals surface area contributed by atoms with Crippen molar-refractivity contribution in [2.75, 3.05) is 19.8 Å². The van der Waals surface area contributed by atoms with Gasteiger partial charge in [0.2, 0.25) is 0 Å². The van der Waals surface area contributed by atoms with Gasteiger partial charge in [0.1, 0.15) is 5.75 Å². The summed E-state index contributed by atoms with van der Waals surface area (Å²) in [6, 6.07) is 6.85. The maximum atomic E-state index is 5.90. The zero-order valence-corrected chi connectivity index (χ0v) is 12.9. The van der Waals surface area contributed by atoms with E-state index in [-0.39, 0.29) is 0 Å². The first-order valence-electron chi connectivity index (χ1n) is 7.76. The van der Waals surface area contributed by atoms with E-state index in [9.17, 15) is 0 Å². The molecule has 112 valence electrons. The van der Waals surface area contributed by atoms with Gasteiger partial charge in [-0.3, -0.25) is 0 Å². The minimum Gasteiger partial charge on any atom is -0.493 e. The van der Waals surface area contributed by atoms with Crippen LogP contribution in [-0.4, -0.2) is 25.9 Å². The number of hydrogen-bond acceptors (Lipinski definition) is 3. The van der Waals surface area contributed by atoms with E-state index in [2.05, 4.69) is 44.3 Å². The highest BCUT2D eigenvalue weighted by Crippen LogP contribution is 2.33. The average Bonchev–Trinajstić information content (AvgIpc) is 2.62. The Morgan fingerprint density at radius 2 is 2.25 bits per heavy atom. The summed E-state index contributed by atoms with van der Waals surface area (Å²) >= 11 is 0. The van der Waals surface area contributed by atoms with Crippen molar-refractivity contribution in [2.45, 2.75) is 52.2 Å². The molecule has 3 nitrogen and oxygen atoms in total. The fourth-order valence-electron chi connectivity index (χ4n) is 2.64. The molecule has 1 aliphatic heterocycles. The Balaban J connectivity index is 1.90. The van der Waals surface area contributed by atoms with Crippen LogP contribution in [0.5, 0.6) is 5.75 Å². The quantitative estimate of drug-likeness (QED) is 0.806. The molecule has 3 heteroatoms. The van der Waals surface area contributed by atoms with Crippen molar-refractivity contribution >= 4 is 0 Å². The van der Waals surface area contributed by atoms with E-state index in [0.29, 0.717) is 12.1 Å². The highest BCUT2D eigenvalue weighted by Gasteiger charge is 2.20. The Hall–Kier alpha value is -1.06. The van der Waals surface area contributed by atoms with E-state index in [1.807, 2.05) is 0 Å². The van der Waals surface area contributed by atoms with E-state index in [4.69, 9.17) is 9.47 Å². The van der Waals surface area contributed by atoms with Crippen LogP contribution < -0.4 is 10.1 Å². The zero-order valence-electron chi connectivity index (χ0n) is 12.9. The van der Waals surface area contributed by atoms with Gasteiger partial charge in [-0.2, -0.15) is 0 Å². The predicted octanol–water partition coefficient (Wildman–Crippen LogP) is 3.61. The van der Waals surface area contributed by atoms with Crippen molar-refractivity contribution in [2.24, 2.45) is 0 Å². The summed E-state index contributed by atoms with van der Waals surface area (Å²) in [5.74, 6) is 1.08. The lowest BCUT2D eigenvalue weighted by Crippen LogP contribution is -2.23. The second-order valence-corrected chi connectivity index (χ2v) is 5.76. The van der Waals surface area contributed by atoms with Gasteiger partial charge in [0, 0.05) is 18.2 Å². The van der Waals surface area contributed by atoms with Crippen molar-refractivity contribution in [3.8, 4) is 5.75 Å². The van der Waals surface area contributed by atoms with Gasteiger partial charge in [0.15, 0.2) is 0 Å². The first-order valence-corrected chi connectivity index (χ1v) is 7.76. The summed E-state index contributed by atoms with van der Waals surface area (Å²) in [6.45, 7) is 8.92. The number of benzene rings is 1. The van der Waals surface area contributed by atoms with Crippen molar-refractivity contribution in [1.82, 2.24) is 5.32 Å². The van der Waals surface area contributed by atoms with E-state index in [1.165, 1.54) is 11.1 Å². The molecule has 0 saturated heterocycles. The molecular weight excluding hydrogens is 250 g/mol. The molecule has 2 rings (SSSR count). The molecule has 1 aromatic carbocycles. The number of aryl methyl sites for hydroxylation is 1. The molecule has 20 heavy (non-hydrogen) atoms. The fourth-order valence-corrected chi connectivity index (χ4v) is 2.64. The SMILES string of the molecule is Cc1cccc2c1OCCCC2NCCCOC(C)C. The Labute approximate surface area is 122 Å². The Morgan fingerprint density at radius 3 is 3.05 bits per heavy atom. The number of ether oxygens (including phenoxy) is 2. The minimum atomic E-state index is 0.324. The monoisotopic (exact) mass is 277 g/mol. The first-order chi connectivity index (χ1) is 9.68. The molecule has 1 unspecified atom stereocenters. The number of nitrogens with one attached hydrogen (secondary N) is 1. The van der Waals surface area contributed by atoms with Crippen molar-refractivity contribution in [3.63, 3.8) is 0 Å². The van der Waals surface area contributed by atoms with Gasteiger partial charge >= 0.3 is 0 Å². The van der Waals surface area contributed by atoms with Gasteiger partial charge in [0.05, 0.1) is 12.7 Å². The maximum Gasteiger partial charge on any atom is 0.126 e.